The van der Waals surface area contributed by atoms with Gasteiger partial charge in [-0.2, -0.15) is 0 Å². The average Bonchev–Trinajstić information content (AvgIpc) is 3.55. The van der Waals surface area contributed by atoms with Gasteiger partial charge in [0.2, 0.25) is 5.91 Å². The zero-order chi connectivity index (χ0) is 20.5. The Morgan fingerprint density at radius 1 is 0.933 bits per heavy atom. The zero-order valence-electron chi connectivity index (χ0n) is 17.4. The molecule has 3 aliphatic rings. The molecule has 0 bridgehead atoms. The number of likely N-dealkylation sites (tertiary alicyclic amines) is 1. The van der Waals surface area contributed by atoms with Crippen LogP contribution in [0.15, 0.2) is 54.6 Å². The van der Waals surface area contributed by atoms with Crippen molar-refractivity contribution in [1.82, 2.24) is 9.80 Å². The number of halogens is 1. The van der Waals surface area contributed by atoms with Gasteiger partial charge in [0.05, 0.1) is 0 Å². The summed E-state index contributed by atoms with van der Waals surface area (Å²) in [6.45, 7) is 6.59. The predicted octanol–water partition coefficient (Wildman–Crippen LogP) is 3.60. The standard InChI is InChI=1S/C25H30FN3O/c26-22-6-4-5-20(15-22)24-18-29(25(30)19-9-10-19)17-21(24)16-27-11-13-28(14-12-27)23-7-2-1-3-8-23/h1-8,15,19,21,24H,9-14,16-18H2/t21-,24+/m0/s1. The number of carbonyl (C=O) groups is 1. The molecule has 1 saturated carbocycles. The monoisotopic (exact) mass is 407 g/mol. The summed E-state index contributed by atoms with van der Waals surface area (Å²) >= 11 is 0. The van der Waals surface area contributed by atoms with E-state index < -0.39 is 0 Å². The summed E-state index contributed by atoms with van der Waals surface area (Å²) in [5, 5.41) is 0. The van der Waals surface area contributed by atoms with Crippen LogP contribution in [0.4, 0.5) is 10.1 Å². The maximum absolute atomic E-state index is 13.9. The van der Waals surface area contributed by atoms with E-state index in [9.17, 15) is 9.18 Å². The first-order chi connectivity index (χ1) is 14.7. The molecule has 0 aromatic heterocycles. The van der Waals surface area contributed by atoms with Crippen molar-refractivity contribution in [2.75, 3.05) is 50.7 Å². The van der Waals surface area contributed by atoms with E-state index in [0.717, 1.165) is 64.2 Å². The zero-order valence-corrected chi connectivity index (χ0v) is 17.4. The molecular weight excluding hydrogens is 377 g/mol. The first-order valence-corrected chi connectivity index (χ1v) is 11.2. The lowest BCUT2D eigenvalue weighted by Crippen LogP contribution is -2.48. The first-order valence-electron chi connectivity index (χ1n) is 11.2. The van der Waals surface area contributed by atoms with E-state index in [1.165, 1.54) is 11.8 Å². The maximum atomic E-state index is 13.9. The van der Waals surface area contributed by atoms with Gasteiger partial charge in [0.25, 0.3) is 0 Å². The third-order valence-corrected chi connectivity index (χ3v) is 6.94. The van der Waals surface area contributed by atoms with Crippen LogP contribution >= 0.6 is 0 Å². The molecule has 0 spiro atoms. The molecule has 5 rings (SSSR count). The summed E-state index contributed by atoms with van der Waals surface area (Å²) in [5.74, 6) is 0.946. The van der Waals surface area contributed by atoms with Gasteiger partial charge in [-0.1, -0.05) is 30.3 Å². The van der Waals surface area contributed by atoms with E-state index in [1.54, 1.807) is 12.1 Å². The van der Waals surface area contributed by atoms with E-state index >= 15 is 0 Å². The molecular formula is C25H30FN3O. The number of carbonyl (C=O) groups excluding carboxylic acids is 1. The highest BCUT2D eigenvalue weighted by Gasteiger charge is 2.41. The van der Waals surface area contributed by atoms with E-state index in [-0.39, 0.29) is 17.7 Å². The van der Waals surface area contributed by atoms with Crippen molar-refractivity contribution in [1.29, 1.82) is 0 Å². The van der Waals surface area contributed by atoms with Crippen LogP contribution in [0.1, 0.15) is 24.3 Å². The maximum Gasteiger partial charge on any atom is 0.225 e. The molecule has 4 nitrogen and oxygen atoms in total. The molecule has 2 aliphatic heterocycles. The van der Waals surface area contributed by atoms with Gasteiger partial charge < -0.3 is 9.80 Å². The Balaban J connectivity index is 1.26. The van der Waals surface area contributed by atoms with Crippen molar-refractivity contribution < 1.29 is 9.18 Å². The minimum Gasteiger partial charge on any atom is -0.369 e. The molecule has 2 heterocycles. The van der Waals surface area contributed by atoms with Crippen molar-refractivity contribution >= 4 is 11.6 Å². The van der Waals surface area contributed by atoms with E-state index in [0.29, 0.717) is 11.8 Å². The van der Waals surface area contributed by atoms with Crippen molar-refractivity contribution in [2.45, 2.75) is 18.8 Å². The van der Waals surface area contributed by atoms with Crippen LogP contribution in [0.5, 0.6) is 0 Å². The summed E-state index contributed by atoms with van der Waals surface area (Å²) in [5.41, 5.74) is 2.32. The highest BCUT2D eigenvalue weighted by Crippen LogP contribution is 2.38. The predicted molar refractivity (Wildman–Crippen MR) is 117 cm³/mol. The van der Waals surface area contributed by atoms with Crippen molar-refractivity contribution in [3.05, 3.63) is 66.0 Å². The van der Waals surface area contributed by atoms with E-state index in [2.05, 4.69) is 45.0 Å². The lowest BCUT2D eigenvalue weighted by Gasteiger charge is -2.37. The molecule has 0 N–H and O–H groups in total. The molecule has 5 heteroatoms. The summed E-state index contributed by atoms with van der Waals surface area (Å²) in [6, 6.07) is 17.6. The Morgan fingerprint density at radius 2 is 1.70 bits per heavy atom. The van der Waals surface area contributed by atoms with E-state index in [4.69, 9.17) is 0 Å². The molecule has 2 aromatic rings. The SMILES string of the molecule is O=C(C1CC1)N1C[C@H](CN2CCN(c3ccccc3)CC2)[C@@H](c2cccc(F)c2)C1. The van der Waals surface area contributed by atoms with Gasteiger partial charge in [0.1, 0.15) is 5.82 Å². The van der Waals surface area contributed by atoms with Gasteiger partial charge in [-0.15, -0.1) is 0 Å². The van der Waals surface area contributed by atoms with Gasteiger partial charge in [-0.3, -0.25) is 9.69 Å². The normalized spacial score (nSPS) is 25.0. The van der Waals surface area contributed by atoms with Gasteiger partial charge in [-0.25, -0.2) is 4.39 Å². The van der Waals surface area contributed by atoms with Crippen molar-refractivity contribution in [3.63, 3.8) is 0 Å². The highest BCUT2D eigenvalue weighted by atomic mass is 19.1. The van der Waals surface area contributed by atoms with E-state index in [1.807, 2.05) is 6.07 Å². The summed E-state index contributed by atoms with van der Waals surface area (Å²) < 4.78 is 13.9. The number of para-hydroxylation sites is 1. The third kappa shape index (κ3) is 4.22. The molecule has 158 valence electrons. The molecule has 1 amide bonds. The largest absolute Gasteiger partial charge is 0.369 e. The molecule has 30 heavy (non-hydrogen) atoms. The minimum atomic E-state index is -0.185. The van der Waals surface area contributed by atoms with Gasteiger partial charge in [0, 0.05) is 63.3 Å². The average molecular weight is 408 g/mol. The first kappa shape index (κ1) is 19.6. The lowest BCUT2D eigenvalue weighted by molar-refractivity contribution is -0.131. The second kappa shape index (κ2) is 8.38. The van der Waals surface area contributed by atoms with Gasteiger partial charge in [0.15, 0.2) is 0 Å². The molecule has 3 fully saturated rings. The van der Waals surface area contributed by atoms with Crippen LogP contribution in [0, 0.1) is 17.7 Å². The Morgan fingerprint density at radius 3 is 2.40 bits per heavy atom. The molecule has 0 radical (unpaired) electrons. The number of rotatable bonds is 5. The van der Waals surface area contributed by atoms with Gasteiger partial charge >= 0.3 is 0 Å². The topological polar surface area (TPSA) is 26.8 Å². The van der Waals surface area contributed by atoms with Crippen LogP contribution < -0.4 is 4.90 Å². The number of piperazine rings is 1. The minimum absolute atomic E-state index is 0.185. The lowest BCUT2D eigenvalue weighted by atomic mass is 9.88. The van der Waals surface area contributed by atoms with Crippen LogP contribution in [0.25, 0.3) is 0 Å². The Bertz CT molecular complexity index is 877. The fraction of sp³-hybridized carbons (Fsp3) is 0.480. The molecule has 0 unspecified atom stereocenters. The number of benzene rings is 2. The summed E-state index contributed by atoms with van der Waals surface area (Å²) in [7, 11) is 0. The number of amides is 1. The molecule has 2 aromatic carbocycles. The Labute approximate surface area is 178 Å². The van der Waals surface area contributed by atoms with Crippen molar-refractivity contribution in [2.24, 2.45) is 11.8 Å². The summed E-state index contributed by atoms with van der Waals surface area (Å²) in [6.07, 6.45) is 2.07. The summed E-state index contributed by atoms with van der Waals surface area (Å²) in [4.78, 5) is 19.7. The fourth-order valence-corrected chi connectivity index (χ4v) is 5.10. The number of nitrogens with zero attached hydrogens (tertiary/aromatic N) is 3. The Hall–Kier alpha value is -2.40. The van der Waals surface area contributed by atoms with Crippen molar-refractivity contribution in [3.8, 4) is 0 Å². The highest BCUT2D eigenvalue weighted by molar-refractivity contribution is 5.81. The number of hydrogen-bond acceptors (Lipinski definition) is 3. The fourth-order valence-electron chi connectivity index (χ4n) is 5.10. The van der Waals surface area contributed by atoms with Gasteiger partial charge in [-0.05, 0) is 48.6 Å². The quantitative estimate of drug-likeness (QED) is 0.758. The van der Waals surface area contributed by atoms with Crippen LogP contribution in [0.2, 0.25) is 0 Å². The van der Waals surface area contributed by atoms with Crippen LogP contribution in [-0.4, -0.2) is 61.5 Å². The molecule has 2 atom stereocenters. The van der Waals surface area contributed by atoms with Crippen LogP contribution in [-0.2, 0) is 4.79 Å². The van der Waals surface area contributed by atoms with Crippen LogP contribution in [0.3, 0.4) is 0 Å². The Kier molecular flexibility index (Phi) is 5.47. The number of hydrogen-bond donors (Lipinski definition) is 0. The third-order valence-electron chi connectivity index (χ3n) is 6.94. The second-order valence-corrected chi connectivity index (χ2v) is 9.06. The molecule has 1 aliphatic carbocycles. The molecule has 2 saturated heterocycles. The second-order valence-electron chi connectivity index (χ2n) is 9.06. The number of anilines is 1. The smallest absolute Gasteiger partial charge is 0.225 e.